The van der Waals surface area contributed by atoms with Gasteiger partial charge in [-0.25, -0.2) is 4.79 Å². The molecule has 0 aliphatic heterocycles. The third-order valence-corrected chi connectivity index (χ3v) is 2.21. The molecule has 15 heavy (non-hydrogen) atoms. The first-order valence-corrected chi connectivity index (χ1v) is 5.42. The van der Waals surface area contributed by atoms with E-state index >= 15 is 0 Å². The molecule has 0 saturated carbocycles. The smallest absolute Gasteiger partial charge is 0.331 e. The molecule has 1 amide bonds. The van der Waals surface area contributed by atoms with Crippen LogP contribution in [0.1, 0.15) is 47.0 Å². The fourth-order valence-electron chi connectivity index (χ4n) is 1.42. The number of hydrogen-bond acceptors (Lipinski definition) is 3. The topological polar surface area (TPSA) is 55.4 Å². The Balaban J connectivity index is 4.52. The summed E-state index contributed by atoms with van der Waals surface area (Å²) in [5, 5.41) is 2.66. The van der Waals surface area contributed by atoms with Crippen LogP contribution in [0.25, 0.3) is 0 Å². The first-order chi connectivity index (χ1) is 6.96. The van der Waals surface area contributed by atoms with Crippen molar-refractivity contribution in [2.24, 2.45) is 0 Å². The Morgan fingerprint density at radius 2 is 1.93 bits per heavy atom. The number of esters is 1. The Kier molecular flexibility index (Phi) is 5.97. The van der Waals surface area contributed by atoms with Crippen LogP contribution < -0.4 is 5.32 Å². The number of carbonyl (C=O) groups excluding carboxylic acids is 2. The number of hydrogen-bond donors (Lipinski definition) is 1. The van der Waals surface area contributed by atoms with Gasteiger partial charge in [0, 0.05) is 6.92 Å². The first kappa shape index (κ1) is 13.9. The molecule has 88 valence electrons. The highest BCUT2D eigenvalue weighted by atomic mass is 16.5. The number of ether oxygens (including phenoxy) is 1. The van der Waals surface area contributed by atoms with E-state index in [0.717, 1.165) is 12.8 Å². The monoisotopic (exact) mass is 215 g/mol. The molecule has 0 unspecified atom stereocenters. The van der Waals surface area contributed by atoms with Gasteiger partial charge < -0.3 is 10.1 Å². The summed E-state index contributed by atoms with van der Waals surface area (Å²) in [7, 11) is 0. The molecule has 0 fully saturated rings. The van der Waals surface area contributed by atoms with Crippen LogP contribution in [0, 0.1) is 0 Å². The van der Waals surface area contributed by atoms with Gasteiger partial charge >= 0.3 is 5.97 Å². The molecule has 4 nitrogen and oxygen atoms in total. The van der Waals surface area contributed by atoms with Crippen LogP contribution in [0.15, 0.2) is 0 Å². The maximum absolute atomic E-state index is 11.7. The number of rotatable bonds is 6. The van der Waals surface area contributed by atoms with E-state index in [2.05, 4.69) is 5.32 Å². The normalized spacial score (nSPS) is 14.1. The van der Waals surface area contributed by atoms with Crippen LogP contribution >= 0.6 is 0 Å². The highest BCUT2D eigenvalue weighted by Gasteiger charge is 2.34. The van der Waals surface area contributed by atoms with E-state index in [-0.39, 0.29) is 11.9 Å². The molecule has 0 aromatic heterocycles. The number of carbonyl (C=O) groups is 2. The van der Waals surface area contributed by atoms with Crippen molar-refractivity contribution in [2.75, 3.05) is 6.61 Å². The summed E-state index contributed by atoms with van der Waals surface area (Å²) in [5.41, 5.74) is -0.877. The van der Waals surface area contributed by atoms with E-state index in [1.807, 2.05) is 6.92 Å². The lowest BCUT2D eigenvalue weighted by atomic mass is 9.95. The molecule has 0 radical (unpaired) electrons. The lowest BCUT2D eigenvalue weighted by Crippen LogP contribution is -2.52. The Morgan fingerprint density at radius 3 is 2.33 bits per heavy atom. The van der Waals surface area contributed by atoms with Gasteiger partial charge in [0.25, 0.3) is 0 Å². The summed E-state index contributed by atoms with van der Waals surface area (Å²) in [4.78, 5) is 22.7. The third kappa shape index (κ3) is 4.81. The van der Waals surface area contributed by atoms with Crippen LogP contribution in [-0.4, -0.2) is 24.0 Å². The highest BCUT2D eigenvalue weighted by Crippen LogP contribution is 2.16. The largest absolute Gasteiger partial charge is 0.464 e. The lowest BCUT2D eigenvalue weighted by molar-refractivity contribution is -0.152. The second-order valence-electron chi connectivity index (χ2n) is 3.84. The molecule has 0 bridgehead atoms. The van der Waals surface area contributed by atoms with E-state index in [4.69, 9.17) is 4.74 Å². The highest BCUT2D eigenvalue weighted by molar-refractivity contribution is 5.86. The minimum Gasteiger partial charge on any atom is -0.464 e. The van der Waals surface area contributed by atoms with E-state index in [9.17, 15) is 9.59 Å². The van der Waals surface area contributed by atoms with Gasteiger partial charge in [-0.05, 0) is 20.3 Å². The van der Waals surface area contributed by atoms with Gasteiger partial charge in [-0.15, -0.1) is 0 Å². The Hall–Kier alpha value is -1.06. The van der Waals surface area contributed by atoms with Crippen molar-refractivity contribution in [3.8, 4) is 0 Å². The van der Waals surface area contributed by atoms with Crippen LogP contribution in [0.4, 0.5) is 0 Å². The summed E-state index contributed by atoms with van der Waals surface area (Å²) >= 11 is 0. The van der Waals surface area contributed by atoms with Crippen molar-refractivity contribution >= 4 is 11.9 Å². The molecule has 0 aromatic carbocycles. The minimum atomic E-state index is -0.877. The average Bonchev–Trinajstić information content (AvgIpc) is 2.14. The van der Waals surface area contributed by atoms with Gasteiger partial charge in [0.2, 0.25) is 5.91 Å². The van der Waals surface area contributed by atoms with Gasteiger partial charge in [0.05, 0.1) is 6.61 Å². The summed E-state index contributed by atoms with van der Waals surface area (Å²) in [6.07, 6.45) is 2.48. The zero-order valence-electron chi connectivity index (χ0n) is 10.1. The molecule has 0 aromatic rings. The van der Waals surface area contributed by atoms with Crippen LogP contribution in [0.3, 0.4) is 0 Å². The van der Waals surface area contributed by atoms with Crippen molar-refractivity contribution < 1.29 is 14.3 Å². The van der Waals surface area contributed by atoms with Gasteiger partial charge in [-0.3, -0.25) is 4.79 Å². The van der Waals surface area contributed by atoms with Gasteiger partial charge in [0.1, 0.15) is 5.54 Å². The summed E-state index contributed by atoms with van der Waals surface area (Å²) in [6.45, 7) is 7.25. The molecule has 0 spiro atoms. The van der Waals surface area contributed by atoms with Crippen LogP contribution in [0.5, 0.6) is 0 Å². The zero-order chi connectivity index (χ0) is 11.9. The fourth-order valence-corrected chi connectivity index (χ4v) is 1.42. The van der Waals surface area contributed by atoms with Crippen molar-refractivity contribution in [3.63, 3.8) is 0 Å². The lowest BCUT2D eigenvalue weighted by Gasteiger charge is -2.27. The molecule has 0 aliphatic carbocycles. The van der Waals surface area contributed by atoms with E-state index < -0.39 is 5.54 Å². The standard InChI is InChI=1S/C11H21NO3/c1-5-7-8-11(4,12-9(3)13)10(14)15-6-2/h5-8H2,1-4H3,(H,12,13)/t11-/m1/s1. The zero-order valence-corrected chi connectivity index (χ0v) is 10.1. The third-order valence-electron chi connectivity index (χ3n) is 2.21. The minimum absolute atomic E-state index is 0.207. The summed E-state index contributed by atoms with van der Waals surface area (Å²) < 4.78 is 4.95. The molecule has 0 rings (SSSR count). The van der Waals surface area contributed by atoms with Crippen molar-refractivity contribution in [3.05, 3.63) is 0 Å². The second kappa shape index (κ2) is 6.43. The molecule has 1 atom stereocenters. The van der Waals surface area contributed by atoms with Crippen molar-refractivity contribution in [1.29, 1.82) is 0 Å². The number of unbranched alkanes of at least 4 members (excludes halogenated alkanes) is 1. The molecule has 0 aliphatic rings. The molecular formula is C11H21NO3. The number of amides is 1. The fraction of sp³-hybridized carbons (Fsp3) is 0.818. The second-order valence-corrected chi connectivity index (χ2v) is 3.84. The molecule has 0 saturated heterocycles. The quantitative estimate of drug-likeness (QED) is 0.685. The Labute approximate surface area is 91.4 Å². The van der Waals surface area contributed by atoms with Gasteiger partial charge in [-0.2, -0.15) is 0 Å². The predicted octanol–water partition coefficient (Wildman–Crippen LogP) is 1.63. The maximum atomic E-state index is 11.7. The predicted molar refractivity (Wildman–Crippen MR) is 58.4 cm³/mol. The van der Waals surface area contributed by atoms with Crippen molar-refractivity contribution in [2.45, 2.75) is 52.5 Å². The molecule has 1 N–H and O–H groups in total. The van der Waals surface area contributed by atoms with E-state index in [1.165, 1.54) is 6.92 Å². The molecule has 0 heterocycles. The first-order valence-electron chi connectivity index (χ1n) is 5.42. The molecular weight excluding hydrogens is 194 g/mol. The van der Waals surface area contributed by atoms with E-state index in [0.29, 0.717) is 13.0 Å². The SMILES string of the molecule is CCCC[C@@](C)(NC(C)=O)C(=O)OCC. The van der Waals surface area contributed by atoms with Crippen LogP contribution in [0.2, 0.25) is 0 Å². The van der Waals surface area contributed by atoms with Gasteiger partial charge in [0.15, 0.2) is 0 Å². The Bertz CT molecular complexity index is 228. The van der Waals surface area contributed by atoms with Gasteiger partial charge in [-0.1, -0.05) is 19.8 Å². The number of nitrogens with one attached hydrogen (secondary N) is 1. The summed E-state index contributed by atoms with van der Waals surface area (Å²) in [5.74, 6) is -0.560. The molecule has 4 heteroatoms. The van der Waals surface area contributed by atoms with E-state index in [1.54, 1.807) is 13.8 Å². The van der Waals surface area contributed by atoms with Crippen molar-refractivity contribution in [1.82, 2.24) is 5.32 Å². The average molecular weight is 215 g/mol. The maximum Gasteiger partial charge on any atom is 0.331 e. The van der Waals surface area contributed by atoms with Crippen LogP contribution in [-0.2, 0) is 14.3 Å². The Morgan fingerprint density at radius 1 is 1.33 bits per heavy atom. The summed E-state index contributed by atoms with van der Waals surface area (Å²) in [6, 6.07) is 0.